The van der Waals surface area contributed by atoms with Crippen molar-refractivity contribution in [3.05, 3.63) is 42.2 Å². The first-order valence-electron chi connectivity index (χ1n) is 5.44. The largest absolute Gasteiger partial charge is 0.464 e. The lowest BCUT2D eigenvalue weighted by atomic mass is 10.0. The predicted molar refractivity (Wildman–Crippen MR) is 64.8 cm³/mol. The number of fused-ring (bicyclic) bond motifs is 1. The zero-order valence-electron chi connectivity index (χ0n) is 9.43. The second-order valence-corrected chi connectivity index (χ2v) is 4.00. The highest BCUT2D eigenvalue weighted by atomic mass is 16.3. The first-order valence-corrected chi connectivity index (χ1v) is 5.44. The van der Waals surface area contributed by atoms with Crippen molar-refractivity contribution in [2.45, 2.75) is 6.54 Å². The fourth-order valence-corrected chi connectivity index (χ4v) is 2.13. The van der Waals surface area contributed by atoms with E-state index in [1.165, 1.54) is 0 Å². The molecule has 86 valence electrons. The number of urea groups is 1. The number of amides is 2. The smallest absolute Gasteiger partial charge is 0.321 e. The number of carbonyl (C=O) groups excluding carboxylic acids is 1. The van der Waals surface area contributed by atoms with Gasteiger partial charge in [-0.15, -0.1) is 0 Å². The lowest BCUT2D eigenvalue weighted by molar-refractivity contribution is 0.246. The Morgan fingerprint density at radius 2 is 2.18 bits per heavy atom. The highest BCUT2D eigenvalue weighted by Gasteiger charge is 2.23. The average molecular weight is 228 g/mol. The maximum absolute atomic E-state index is 11.5. The van der Waals surface area contributed by atoms with E-state index in [4.69, 9.17) is 4.42 Å². The SMILES string of the molecule is CN1C(=O)NCc2c(-c3ccco3)cccc21. The summed E-state index contributed by atoms with van der Waals surface area (Å²) in [6.07, 6.45) is 1.65. The van der Waals surface area contributed by atoms with Crippen molar-refractivity contribution in [1.29, 1.82) is 0 Å². The number of nitrogens with one attached hydrogen (secondary N) is 1. The third kappa shape index (κ3) is 1.49. The third-order valence-electron chi connectivity index (χ3n) is 3.02. The van der Waals surface area contributed by atoms with Crippen molar-refractivity contribution in [2.75, 3.05) is 11.9 Å². The van der Waals surface area contributed by atoms with E-state index in [0.29, 0.717) is 6.54 Å². The van der Waals surface area contributed by atoms with E-state index < -0.39 is 0 Å². The summed E-state index contributed by atoms with van der Waals surface area (Å²) in [5.41, 5.74) is 3.05. The molecule has 0 saturated heterocycles. The van der Waals surface area contributed by atoms with Gasteiger partial charge >= 0.3 is 6.03 Å². The van der Waals surface area contributed by atoms with E-state index in [1.807, 2.05) is 30.3 Å². The Balaban J connectivity index is 2.17. The van der Waals surface area contributed by atoms with Gasteiger partial charge in [0.25, 0.3) is 0 Å². The fraction of sp³-hybridized carbons (Fsp3) is 0.154. The second-order valence-electron chi connectivity index (χ2n) is 4.00. The molecule has 0 aliphatic carbocycles. The van der Waals surface area contributed by atoms with E-state index in [1.54, 1.807) is 18.2 Å². The minimum Gasteiger partial charge on any atom is -0.464 e. The van der Waals surface area contributed by atoms with E-state index in [-0.39, 0.29) is 6.03 Å². The highest BCUT2D eigenvalue weighted by molar-refractivity contribution is 5.95. The molecule has 0 fully saturated rings. The van der Waals surface area contributed by atoms with Crippen LogP contribution in [0.4, 0.5) is 10.5 Å². The molecule has 1 aromatic carbocycles. The second kappa shape index (κ2) is 3.66. The summed E-state index contributed by atoms with van der Waals surface area (Å²) in [5.74, 6) is 0.825. The van der Waals surface area contributed by atoms with Gasteiger partial charge in [0.05, 0.1) is 12.0 Å². The molecule has 3 rings (SSSR count). The molecular weight excluding hydrogens is 216 g/mol. The Kier molecular flexibility index (Phi) is 2.14. The van der Waals surface area contributed by atoms with Gasteiger partial charge < -0.3 is 9.73 Å². The summed E-state index contributed by atoms with van der Waals surface area (Å²) in [5, 5.41) is 2.84. The van der Waals surface area contributed by atoms with E-state index >= 15 is 0 Å². The minimum atomic E-state index is -0.0749. The molecule has 1 aromatic heterocycles. The summed E-state index contributed by atoms with van der Waals surface area (Å²) >= 11 is 0. The monoisotopic (exact) mass is 228 g/mol. The van der Waals surface area contributed by atoms with E-state index in [2.05, 4.69) is 5.32 Å². The number of hydrogen-bond acceptors (Lipinski definition) is 2. The van der Waals surface area contributed by atoms with Crippen molar-refractivity contribution in [3.8, 4) is 11.3 Å². The summed E-state index contributed by atoms with van der Waals surface area (Å²) < 4.78 is 5.42. The quantitative estimate of drug-likeness (QED) is 0.815. The molecule has 1 N–H and O–H groups in total. The molecule has 2 amide bonds. The van der Waals surface area contributed by atoms with Crippen molar-refractivity contribution in [3.63, 3.8) is 0 Å². The summed E-state index contributed by atoms with van der Waals surface area (Å²) in [6.45, 7) is 0.537. The average Bonchev–Trinajstić information content (AvgIpc) is 2.87. The van der Waals surface area contributed by atoms with Crippen molar-refractivity contribution in [2.24, 2.45) is 0 Å². The molecule has 2 aromatic rings. The molecule has 4 nitrogen and oxygen atoms in total. The molecule has 0 bridgehead atoms. The van der Waals surface area contributed by atoms with Crippen molar-refractivity contribution < 1.29 is 9.21 Å². The van der Waals surface area contributed by atoms with Crippen LogP contribution in [0.2, 0.25) is 0 Å². The van der Waals surface area contributed by atoms with Crippen LogP contribution in [0.3, 0.4) is 0 Å². The lowest BCUT2D eigenvalue weighted by Gasteiger charge is -2.27. The zero-order valence-corrected chi connectivity index (χ0v) is 9.43. The van der Waals surface area contributed by atoms with Gasteiger partial charge in [0.1, 0.15) is 5.76 Å². The summed E-state index contributed by atoms with van der Waals surface area (Å²) in [7, 11) is 1.76. The molecule has 17 heavy (non-hydrogen) atoms. The molecule has 2 heterocycles. The maximum Gasteiger partial charge on any atom is 0.321 e. The first-order chi connectivity index (χ1) is 8.27. The molecule has 1 aliphatic rings. The van der Waals surface area contributed by atoms with Crippen LogP contribution in [0.15, 0.2) is 41.0 Å². The van der Waals surface area contributed by atoms with Crippen LogP contribution in [-0.4, -0.2) is 13.1 Å². The van der Waals surface area contributed by atoms with Gasteiger partial charge in [-0.2, -0.15) is 0 Å². The van der Waals surface area contributed by atoms with Crippen LogP contribution in [0, 0.1) is 0 Å². The zero-order chi connectivity index (χ0) is 11.8. The number of rotatable bonds is 1. The topological polar surface area (TPSA) is 45.5 Å². The van der Waals surface area contributed by atoms with Crippen molar-refractivity contribution >= 4 is 11.7 Å². The molecule has 0 radical (unpaired) electrons. The van der Waals surface area contributed by atoms with E-state index in [9.17, 15) is 4.79 Å². The number of benzene rings is 1. The maximum atomic E-state index is 11.5. The molecule has 1 aliphatic heterocycles. The Bertz CT molecular complexity index is 561. The predicted octanol–water partition coefficient (Wildman–Crippen LogP) is 2.61. The number of carbonyl (C=O) groups is 1. The normalized spacial score (nSPS) is 14.4. The van der Waals surface area contributed by atoms with Gasteiger partial charge in [-0.05, 0) is 18.2 Å². The Labute approximate surface area is 98.8 Å². The number of furan rings is 1. The van der Waals surface area contributed by atoms with Gasteiger partial charge in [-0.1, -0.05) is 12.1 Å². The molecule has 0 atom stereocenters. The van der Waals surface area contributed by atoms with Crippen LogP contribution in [0.25, 0.3) is 11.3 Å². The minimum absolute atomic E-state index is 0.0749. The number of nitrogens with zero attached hydrogens (tertiary/aromatic N) is 1. The molecular formula is C13H12N2O2. The Morgan fingerprint density at radius 3 is 2.94 bits per heavy atom. The van der Waals surface area contributed by atoms with Crippen LogP contribution in [-0.2, 0) is 6.54 Å². The molecule has 0 saturated carbocycles. The summed E-state index contributed by atoms with van der Waals surface area (Å²) in [6, 6.07) is 9.59. The van der Waals surface area contributed by atoms with Crippen molar-refractivity contribution in [1.82, 2.24) is 5.32 Å². The van der Waals surface area contributed by atoms with E-state index in [0.717, 1.165) is 22.6 Å². The first kappa shape index (κ1) is 9.96. The van der Waals surface area contributed by atoms with Gasteiger partial charge in [0.2, 0.25) is 0 Å². The molecule has 4 heteroatoms. The Hall–Kier alpha value is -2.23. The van der Waals surface area contributed by atoms with Crippen LogP contribution >= 0.6 is 0 Å². The molecule has 0 spiro atoms. The van der Waals surface area contributed by atoms with Gasteiger partial charge in [-0.25, -0.2) is 4.79 Å². The van der Waals surface area contributed by atoms with Gasteiger partial charge in [0.15, 0.2) is 0 Å². The number of anilines is 1. The molecule has 0 unspecified atom stereocenters. The van der Waals surface area contributed by atoms with Gasteiger partial charge in [-0.3, -0.25) is 4.90 Å². The fourth-order valence-electron chi connectivity index (χ4n) is 2.13. The van der Waals surface area contributed by atoms with Crippen LogP contribution in [0.1, 0.15) is 5.56 Å². The standard InChI is InChI=1S/C13H12N2O2/c1-15-11-5-2-4-9(12-6-3-7-17-12)10(11)8-14-13(15)16/h2-7H,8H2,1H3,(H,14,16). The highest BCUT2D eigenvalue weighted by Crippen LogP contribution is 2.33. The Morgan fingerprint density at radius 1 is 1.29 bits per heavy atom. The lowest BCUT2D eigenvalue weighted by Crippen LogP contribution is -2.41. The third-order valence-corrected chi connectivity index (χ3v) is 3.02. The van der Waals surface area contributed by atoms with Crippen LogP contribution in [0.5, 0.6) is 0 Å². The van der Waals surface area contributed by atoms with Crippen LogP contribution < -0.4 is 10.2 Å². The van der Waals surface area contributed by atoms with Gasteiger partial charge in [0, 0.05) is 24.7 Å². The summed E-state index contributed by atoms with van der Waals surface area (Å²) in [4.78, 5) is 13.2. The number of hydrogen-bond donors (Lipinski definition) is 1.